The maximum absolute atomic E-state index is 6.04. The fourth-order valence-electron chi connectivity index (χ4n) is 2.56. The Bertz CT molecular complexity index is 1040. The molecular weight excluding hydrogens is 350 g/mol. The first-order chi connectivity index (χ1) is 12.3. The molecule has 0 saturated heterocycles. The number of pyridine rings is 1. The molecule has 4 aromatic rings. The molecule has 4 rings (SSSR count). The number of rotatable bonds is 3. The summed E-state index contributed by atoms with van der Waals surface area (Å²) < 4.78 is 2.14. The van der Waals surface area contributed by atoms with E-state index in [-0.39, 0.29) is 0 Å². The summed E-state index contributed by atoms with van der Waals surface area (Å²) in [5, 5.41) is 2.83. The zero-order chi connectivity index (χ0) is 17.1. The summed E-state index contributed by atoms with van der Waals surface area (Å²) >= 11 is 7.63. The number of halogens is 1. The van der Waals surface area contributed by atoms with Crippen molar-refractivity contribution in [1.82, 2.24) is 9.55 Å². The number of hydrogen-bond acceptors (Lipinski definition) is 3. The molecule has 0 unspecified atom stereocenters. The van der Waals surface area contributed by atoms with Gasteiger partial charge in [-0.3, -0.25) is 4.57 Å². The highest BCUT2D eigenvalue weighted by atomic mass is 35.5. The van der Waals surface area contributed by atoms with Gasteiger partial charge in [0.25, 0.3) is 0 Å². The topological polar surface area (TPSA) is 30.2 Å². The van der Waals surface area contributed by atoms with Crippen LogP contribution in [0.4, 0.5) is 5.82 Å². The molecule has 0 amide bonds. The van der Waals surface area contributed by atoms with E-state index in [4.69, 9.17) is 16.6 Å². The zero-order valence-corrected chi connectivity index (χ0v) is 14.8. The van der Waals surface area contributed by atoms with Gasteiger partial charge in [-0.25, -0.2) is 9.98 Å². The van der Waals surface area contributed by atoms with Gasteiger partial charge in [0.1, 0.15) is 0 Å². The predicted molar refractivity (Wildman–Crippen MR) is 104 cm³/mol. The number of nitrogens with zero attached hydrogens (tertiary/aromatic N) is 3. The minimum atomic E-state index is 0.691. The SMILES string of the molecule is Clc1ccc(-c2cs/c(=N\c3ccccn3)n2-c2ccccc2)cc1. The van der Waals surface area contributed by atoms with Gasteiger partial charge >= 0.3 is 0 Å². The number of para-hydroxylation sites is 1. The van der Waals surface area contributed by atoms with E-state index < -0.39 is 0 Å². The van der Waals surface area contributed by atoms with Crippen molar-refractivity contribution in [2.45, 2.75) is 0 Å². The van der Waals surface area contributed by atoms with Gasteiger partial charge in [-0.15, -0.1) is 11.3 Å². The normalized spacial score (nSPS) is 11.6. The van der Waals surface area contributed by atoms with Crippen LogP contribution in [0.5, 0.6) is 0 Å². The van der Waals surface area contributed by atoms with Crippen LogP contribution in [0.3, 0.4) is 0 Å². The summed E-state index contributed by atoms with van der Waals surface area (Å²) in [5.41, 5.74) is 3.22. The lowest BCUT2D eigenvalue weighted by Gasteiger charge is -2.09. The van der Waals surface area contributed by atoms with Gasteiger partial charge < -0.3 is 0 Å². The minimum Gasteiger partial charge on any atom is -0.285 e. The van der Waals surface area contributed by atoms with E-state index in [9.17, 15) is 0 Å². The quantitative estimate of drug-likeness (QED) is 0.473. The second-order valence-corrected chi connectivity index (χ2v) is 6.65. The van der Waals surface area contributed by atoms with Crippen molar-refractivity contribution in [2.24, 2.45) is 4.99 Å². The van der Waals surface area contributed by atoms with Crippen molar-refractivity contribution in [3.05, 3.63) is 94.2 Å². The van der Waals surface area contributed by atoms with Crippen LogP contribution in [0.25, 0.3) is 16.9 Å². The lowest BCUT2D eigenvalue weighted by atomic mass is 10.1. The minimum absolute atomic E-state index is 0.691. The van der Waals surface area contributed by atoms with Crippen LogP contribution in [-0.4, -0.2) is 9.55 Å². The van der Waals surface area contributed by atoms with Gasteiger partial charge in [0.05, 0.1) is 5.69 Å². The molecule has 3 nitrogen and oxygen atoms in total. The van der Waals surface area contributed by atoms with Crippen LogP contribution < -0.4 is 4.80 Å². The van der Waals surface area contributed by atoms with Crippen LogP contribution >= 0.6 is 22.9 Å². The highest BCUT2D eigenvalue weighted by Crippen LogP contribution is 2.25. The van der Waals surface area contributed by atoms with Crippen molar-refractivity contribution in [1.29, 1.82) is 0 Å². The van der Waals surface area contributed by atoms with E-state index in [1.54, 1.807) is 17.5 Å². The third-order valence-corrected chi connectivity index (χ3v) is 4.80. The molecule has 2 aromatic carbocycles. The molecule has 0 aliphatic heterocycles. The highest BCUT2D eigenvalue weighted by molar-refractivity contribution is 7.07. The first kappa shape index (κ1) is 15.8. The number of benzene rings is 2. The average molecular weight is 364 g/mol. The molecule has 122 valence electrons. The Labute approximate surface area is 154 Å². The van der Waals surface area contributed by atoms with Crippen LogP contribution in [0, 0.1) is 0 Å². The van der Waals surface area contributed by atoms with Gasteiger partial charge in [0.15, 0.2) is 10.6 Å². The second-order valence-electron chi connectivity index (χ2n) is 5.38. The monoisotopic (exact) mass is 363 g/mol. The molecule has 0 radical (unpaired) electrons. The molecule has 0 bridgehead atoms. The molecule has 2 aromatic heterocycles. The van der Waals surface area contributed by atoms with Crippen molar-refractivity contribution >= 4 is 28.8 Å². The Balaban J connectivity index is 1.94. The molecule has 0 fully saturated rings. The molecule has 25 heavy (non-hydrogen) atoms. The maximum Gasteiger partial charge on any atom is 0.196 e. The van der Waals surface area contributed by atoms with E-state index in [1.165, 1.54) is 0 Å². The second kappa shape index (κ2) is 7.05. The average Bonchev–Trinajstić information content (AvgIpc) is 3.07. The number of thiazole rings is 1. The first-order valence-electron chi connectivity index (χ1n) is 7.79. The highest BCUT2D eigenvalue weighted by Gasteiger charge is 2.10. The van der Waals surface area contributed by atoms with E-state index in [0.717, 1.165) is 26.8 Å². The van der Waals surface area contributed by atoms with Crippen LogP contribution in [0.1, 0.15) is 0 Å². The van der Waals surface area contributed by atoms with Crippen molar-refractivity contribution in [3.8, 4) is 16.9 Å². The standard InChI is InChI=1S/C20H14ClN3S/c21-16-11-9-15(10-12-16)18-14-25-20(23-19-8-4-5-13-22-19)24(18)17-6-2-1-3-7-17/h1-14H/b23-20-. The Morgan fingerprint density at radius 3 is 2.36 bits per heavy atom. The van der Waals surface area contributed by atoms with Gasteiger partial charge in [-0.2, -0.15) is 0 Å². The summed E-state index contributed by atoms with van der Waals surface area (Å²) in [6, 6.07) is 23.8. The van der Waals surface area contributed by atoms with Crippen molar-refractivity contribution in [2.75, 3.05) is 0 Å². The van der Waals surface area contributed by atoms with Gasteiger partial charge in [0.2, 0.25) is 0 Å². The van der Waals surface area contributed by atoms with E-state index in [2.05, 4.69) is 27.1 Å². The predicted octanol–water partition coefficient (Wildman–Crippen LogP) is 5.49. The summed E-state index contributed by atoms with van der Waals surface area (Å²) in [6.45, 7) is 0. The zero-order valence-electron chi connectivity index (χ0n) is 13.2. The maximum atomic E-state index is 6.04. The van der Waals surface area contributed by atoms with Crippen molar-refractivity contribution in [3.63, 3.8) is 0 Å². The number of hydrogen-bond donors (Lipinski definition) is 0. The van der Waals surface area contributed by atoms with E-state index in [0.29, 0.717) is 5.82 Å². The lowest BCUT2D eigenvalue weighted by molar-refractivity contribution is 1.00. The van der Waals surface area contributed by atoms with Crippen LogP contribution in [0.15, 0.2) is 89.4 Å². The fourth-order valence-corrected chi connectivity index (χ4v) is 3.60. The molecule has 0 saturated carbocycles. The smallest absolute Gasteiger partial charge is 0.196 e. The summed E-state index contributed by atoms with van der Waals surface area (Å²) in [7, 11) is 0. The summed E-state index contributed by atoms with van der Waals surface area (Å²) in [5.74, 6) is 0.691. The Kier molecular flexibility index (Phi) is 4.46. The first-order valence-corrected chi connectivity index (χ1v) is 9.05. The molecule has 0 aliphatic rings. The molecule has 0 N–H and O–H groups in total. The fraction of sp³-hybridized carbons (Fsp3) is 0. The molecule has 0 aliphatic carbocycles. The van der Waals surface area contributed by atoms with Crippen molar-refractivity contribution < 1.29 is 0 Å². The summed E-state index contributed by atoms with van der Waals surface area (Å²) in [4.78, 5) is 9.91. The molecule has 2 heterocycles. The third kappa shape index (κ3) is 3.40. The Morgan fingerprint density at radius 2 is 1.64 bits per heavy atom. The van der Waals surface area contributed by atoms with Crippen LogP contribution in [-0.2, 0) is 0 Å². The third-order valence-electron chi connectivity index (χ3n) is 3.72. The van der Waals surface area contributed by atoms with Crippen LogP contribution in [0.2, 0.25) is 5.02 Å². The largest absolute Gasteiger partial charge is 0.285 e. The Morgan fingerprint density at radius 1 is 0.880 bits per heavy atom. The lowest BCUT2D eigenvalue weighted by Crippen LogP contribution is -2.13. The molecule has 0 spiro atoms. The van der Waals surface area contributed by atoms with Gasteiger partial charge in [-0.1, -0.05) is 48.0 Å². The molecule has 5 heteroatoms. The Hall–Kier alpha value is -2.69. The van der Waals surface area contributed by atoms with E-state index in [1.807, 2.05) is 60.7 Å². The van der Waals surface area contributed by atoms with E-state index >= 15 is 0 Å². The molecular formula is C20H14ClN3S. The van der Waals surface area contributed by atoms with Gasteiger partial charge in [-0.05, 0) is 42.0 Å². The molecule has 0 atom stereocenters. The summed E-state index contributed by atoms with van der Waals surface area (Å²) in [6.07, 6.45) is 1.75. The number of aromatic nitrogens is 2. The van der Waals surface area contributed by atoms with Gasteiger partial charge in [0, 0.05) is 22.3 Å².